The highest BCUT2D eigenvalue weighted by Crippen LogP contribution is 2.27. The molecule has 2 unspecified atom stereocenters. The fraction of sp³-hybridized carbons (Fsp3) is 0.647. The van der Waals surface area contributed by atoms with E-state index in [2.05, 4.69) is 43.4 Å². The van der Waals surface area contributed by atoms with Crippen LogP contribution in [0.1, 0.15) is 50.7 Å². The zero-order chi connectivity index (χ0) is 13.5. The topological polar surface area (TPSA) is 21.3 Å². The van der Waals surface area contributed by atoms with Gasteiger partial charge in [0.05, 0.1) is 12.7 Å². The molecule has 1 aromatic rings. The quantitative estimate of drug-likeness (QED) is 0.838. The lowest BCUT2D eigenvalue weighted by Gasteiger charge is -2.28. The molecule has 1 N–H and O–H groups in total. The third-order valence-electron chi connectivity index (χ3n) is 4.07. The molecule has 1 saturated carbocycles. The molecule has 0 aromatic heterocycles. The fourth-order valence-corrected chi connectivity index (χ4v) is 2.83. The lowest BCUT2D eigenvalue weighted by atomic mass is 9.88. The zero-order valence-electron chi connectivity index (χ0n) is 12.3. The van der Waals surface area contributed by atoms with Gasteiger partial charge in [-0.2, -0.15) is 0 Å². The van der Waals surface area contributed by atoms with E-state index in [1.807, 2.05) is 0 Å². The van der Waals surface area contributed by atoms with Crippen LogP contribution >= 0.6 is 0 Å². The van der Waals surface area contributed by atoms with Crippen molar-refractivity contribution in [2.75, 3.05) is 6.54 Å². The molecule has 0 amide bonds. The van der Waals surface area contributed by atoms with Gasteiger partial charge in [-0.05, 0) is 36.4 Å². The van der Waals surface area contributed by atoms with Gasteiger partial charge >= 0.3 is 0 Å². The van der Waals surface area contributed by atoms with Gasteiger partial charge in [0.1, 0.15) is 0 Å². The van der Waals surface area contributed by atoms with Gasteiger partial charge in [0.2, 0.25) is 0 Å². The van der Waals surface area contributed by atoms with E-state index in [1.54, 1.807) is 0 Å². The van der Waals surface area contributed by atoms with Crippen LogP contribution < -0.4 is 5.32 Å². The summed E-state index contributed by atoms with van der Waals surface area (Å²) < 4.78 is 6.12. The van der Waals surface area contributed by atoms with E-state index in [0.717, 1.165) is 25.6 Å². The van der Waals surface area contributed by atoms with Gasteiger partial charge in [-0.3, -0.25) is 0 Å². The van der Waals surface area contributed by atoms with E-state index >= 15 is 0 Å². The number of hydrogen-bond donors (Lipinski definition) is 1. The summed E-state index contributed by atoms with van der Waals surface area (Å²) in [6, 6.07) is 8.74. The monoisotopic (exact) mass is 261 g/mol. The van der Waals surface area contributed by atoms with Crippen molar-refractivity contribution in [3.63, 3.8) is 0 Å². The van der Waals surface area contributed by atoms with Crippen molar-refractivity contribution >= 4 is 0 Å². The Balaban J connectivity index is 1.84. The standard InChI is InChI=1S/C17H27NO/c1-3-18-12-15-8-6-9-16(11-15)13-19-17-10-5-4-7-14(17)2/h6,8-9,11,14,17-18H,3-5,7,10,12-13H2,1-2H3. The van der Waals surface area contributed by atoms with Crippen molar-refractivity contribution < 1.29 is 4.74 Å². The summed E-state index contributed by atoms with van der Waals surface area (Å²) >= 11 is 0. The summed E-state index contributed by atoms with van der Waals surface area (Å²) in [6.07, 6.45) is 5.73. The SMILES string of the molecule is CCNCc1cccc(COC2CCCCC2C)c1. The number of ether oxygens (including phenoxy) is 1. The lowest BCUT2D eigenvalue weighted by molar-refractivity contribution is -0.0154. The Morgan fingerprint density at radius 1 is 1.21 bits per heavy atom. The Morgan fingerprint density at radius 2 is 2.00 bits per heavy atom. The molecule has 2 atom stereocenters. The van der Waals surface area contributed by atoms with E-state index in [0.29, 0.717) is 6.10 Å². The molecular weight excluding hydrogens is 234 g/mol. The first kappa shape index (κ1) is 14.5. The minimum atomic E-state index is 0.464. The summed E-state index contributed by atoms with van der Waals surface area (Å²) in [7, 11) is 0. The molecule has 2 heteroatoms. The Bertz CT molecular complexity index is 377. The predicted molar refractivity (Wildman–Crippen MR) is 80.0 cm³/mol. The second kappa shape index (κ2) is 7.66. The second-order valence-electron chi connectivity index (χ2n) is 5.71. The van der Waals surface area contributed by atoms with Crippen molar-refractivity contribution in [2.45, 2.75) is 58.8 Å². The number of hydrogen-bond acceptors (Lipinski definition) is 2. The molecule has 0 heterocycles. The highest BCUT2D eigenvalue weighted by Gasteiger charge is 2.21. The van der Waals surface area contributed by atoms with E-state index < -0.39 is 0 Å². The minimum absolute atomic E-state index is 0.464. The first-order chi connectivity index (χ1) is 9.29. The van der Waals surface area contributed by atoms with E-state index in [-0.39, 0.29) is 0 Å². The van der Waals surface area contributed by atoms with Crippen LogP contribution in [0.4, 0.5) is 0 Å². The third-order valence-corrected chi connectivity index (χ3v) is 4.07. The van der Waals surface area contributed by atoms with Gasteiger partial charge in [-0.15, -0.1) is 0 Å². The molecular formula is C17H27NO. The first-order valence-corrected chi connectivity index (χ1v) is 7.69. The first-order valence-electron chi connectivity index (χ1n) is 7.69. The summed E-state index contributed by atoms with van der Waals surface area (Å²) in [6.45, 7) is 7.18. The molecule has 0 saturated heterocycles. The minimum Gasteiger partial charge on any atom is -0.373 e. The lowest BCUT2D eigenvalue weighted by Crippen LogP contribution is -2.25. The molecule has 1 fully saturated rings. The van der Waals surface area contributed by atoms with Crippen LogP contribution in [0, 0.1) is 5.92 Å². The second-order valence-corrected chi connectivity index (χ2v) is 5.71. The van der Waals surface area contributed by atoms with Gasteiger partial charge in [-0.1, -0.05) is 51.0 Å². The van der Waals surface area contributed by atoms with Crippen molar-refractivity contribution in [1.82, 2.24) is 5.32 Å². The van der Waals surface area contributed by atoms with Crippen LogP contribution in [0.2, 0.25) is 0 Å². The molecule has 0 spiro atoms. The maximum atomic E-state index is 6.12. The summed E-state index contributed by atoms with van der Waals surface area (Å²) in [5.74, 6) is 0.721. The largest absolute Gasteiger partial charge is 0.373 e. The van der Waals surface area contributed by atoms with Crippen molar-refractivity contribution in [1.29, 1.82) is 0 Å². The van der Waals surface area contributed by atoms with Crippen LogP contribution in [0.25, 0.3) is 0 Å². The number of rotatable bonds is 6. The van der Waals surface area contributed by atoms with Crippen LogP contribution in [-0.4, -0.2) is 12.6 Å². The van der Waals surface area contributed by atoms with E-state index in [1.165, 1.54) is 36.8 Å². The van der Waals surface area contributed by atoms with Gasteiger partial charge in [0, 0.05) is 6.54 Å². The molecule has 2 rings (SSSR count). The normalized spacial score (nSPS) is 23.5. The van der Waals surface area contributed by atoms with Crippen LogP contribution in [0.5, 0.6) is 0 Å². The average Bonchev–Trinajstić information content (AvgIpc) is 2.45. The number of nitrogens with one attached hydrogen (secondary N) is 1. The Hall–Kier alpha value is -0.860. The molecule has 19 heavy (non-hydrogen) atoms. The maximum absolute atomic E-state index is 6.12. The fourth-order valence-electron chi connectivity index (χ4n) is 2.83. The van der Waals surface area contributed by atoms with Crippen LogP contribution in [-0.2, 0) is 17.9 Å². The Morgan fingerprint density at radius 3 is 2.79 bits per heavy atom. The molecule has 106 valence electrons. The summed E-state index contributed by atoms with van der Waals surface area (Å²) in [4.78, 5) is 0. The van der Waals surface area contributed by atoms with E-state index in [4.69, 9.17) is 4.74 Å². The smallest absolute Gasteiger partial charge is 0.0720 e. The van der Waals surface area contributed by atoms with Crippen LogP contribution in [0.3, 0.4) is 0 Å². The van der Waals surface area contributed by atoms with E-state index in [9.17, 15) is 0 Å². The van der Waals surface area contributed by atoms with Gasteiger partial charge in [0.25, 0.3) is 0 Å². The van der Waals surface area contributed by atoms with Gasteiger partial charge in [0.15, 0.2) is 0 Å². The highest BCUT2D eigenvalue weighted by molar-refractivity contribution is 5.22. The Labute approximate surface area is 117 Å². The molecule has 2 nitrogen and oxygen atoms in total. The molecule has 1 aromatic carbocycles. The summed E-state index contributed by atoms with van der Waals surface area (Å²) in [5.41, 5.74) is 2.65. The van der Waals surface area contributed by atoms with Gasteiger partial charge in [-0.25, -0.2) is 0 Å². The molecule has 0 radical (unpaired) electrons. The molecule has 0 bridgehead atoms. The zero-order valence-corrected chi connectivity index (χ0v) is 12.3. The predicted octanol–water partition coefficient (Wildman–Crippen LogP) is 3.89. The van der Waals surface area contributed by atoms with Crippen LogP contribution in [0.15, 0.2) is 24.3 Å². The van der Waals surface area contributed by atoms with Gasteiger partial charge < -0.3 is 10.1 Å². The van der Waals surface area contributed by atoms with Crippen molar-refractivity contribution in [3.05, 3.63) is 35.4 Å². The van der Waals surface area contributed by atoms with Crippen molar-refractivity contribution in [3.8, 4) is 0 Å². The molecule has 1 aliphatic rings. The van der Waals surface area contributed by atoms with Crippen molar-refractivity contribution in [2.24, 2.45) is 5.92 Å². The summed E-state index contributed by atoms with van der Waals surface area (Å²) in [5, 5.41) is 3.36. The third kappa shape index (κ3) is 4.63. The Kier molecular flexibility index (Phi) is 5.87. The highest BCUT2D eigenvalue weighted by atomic mass is 16.5. The molecule has 0 aliphatic heterocycles. The average molecular weight is 261 g/mol. The number of benzene rings is 1. The maximum Gasteiger partial charge on any atom is 0.0720 e. The molecule has 1 aliphatic carbocycles.